The molecule has 514 valence electrons. The molecule has 0 saturated heterocycles. The molecule has 4 aromatic rings. The molecule has 4 rings (SSSR count). The summed E-state index contributed by atoms with van der Waals surface area (Å²) in [6.45, 7) is 66.7. The third-order valence-corrected chi connectivity index (χ3v) is 39.6. The largest absolute Gasteiger partial charge is 0.497 e. The fraction of sp³-hybridized carbons (Fsp3) is 0.605. The van der Waals surface area contributed by atoms with Crippen LogP contribution in [0.15, 0.2) is 164 Å². The van der Waals surface area contributed by atoms with Gasteiger partial charge in [0.05, 0.1) is 50.8 Å². The van der Waals surface area contributed by atoms with Crippen LogP contribution in [0.3, 0.4) is 0 Å². The van der Waals surface area contributed by atoms with Crippen molar-refractivity contribution >= 4 is 33.3 Å². The molecule has 0 heterocycles. The van der Waals surface area contributed by atoms with Crippen molar-refractivity contribution in [2.75, 3.05) is 13.7 Å². The van der Waals surface area contributed by atoms with Crippen molar-refractivity contribution in [2.24, 2.45) is 35.5 Å². The molecular weight excluding hydrogens is 1200 g/mol. The number of ether oxygens (including phenoxy) is 3. The van der Waals surface area contributed by atoms with Crippen molar-refractivity contribution in [1.29, 1.82) is 0 Å². The molecule has 0 aliphatic heterocycles. The Kier molecular flexibility index (Phi) is 30.2. The van der Waals surface area contributed by atoms with E-state index in [1.807, 2.05) is 18.2 Å². The standard InChI is InChI=1S/C81H132O7Si4/c1-29-30-41-63(4)76(83-60-67-51-54-71(82-20)55-52-67)66(7)73(86-90(23,24)78(11,12)13)56-49-61(2)58-65(6)75(88-92(27,28)80(17,18)19)64(5)50-53-72(85-89(21,22)77(8,9)10)59-74(87-91(25,26)79(14,15)16)62(3)42-40-57-84-81(68-43-34-31-35-44-68,69-45-36-32-37-46-69)70-47-38-33-39-48-70/h29-48,50-55,61-66,72-76H,1,49,56-60H2,2-28H3/b41-30-,42-40+,53-50-/t61-,62+,63-,64-,65-,66-,72+,73-,74-,75-,76-/m0/s1. The van der Waals surface area contributed by atoms with E-state index in [2.05, 4.69) is 323 Å². The fourth-order valence-corrected chi connectivity index (χ4v) is 17.1. The van der Waals surface area contributed by atoms with E-state index in [0.29, 0.717) is 19.1 Å². The number of hydrogen-bond donors (Lipinski definition) is 0. The molecule has 0 bridgehead atoms. The molecule has 0 radical (unpaired) electrons. The molecule has 11 atom stereocenters. The summed E-state index contributed by atoms with van der Waals surface area (Å²) < 4.78 is 50.2. The molecule has 0 saturated carbocycles. The Labute approximate surface area is 568 Å². The Balaban J connectivity index is 1.73. The monoisotopic (exact) mass is 1330 g/mol. The Bertz CT molecular complexity index is 2760. The van der Waals surface area contributed by atoms with Gasteiger partial charge in [0, 0.05) is 18.3 Å². The second-order valence-electron chi connectivity index (χ2n) is 33.3. The quantitative estimate of drug-likeness (QED) is 0.0195. The van der Waals surface area contributed by atoms with Crippen LogP contribution in [-0.2, 0) is 39.4 Å². The van der Waals surface area contributed by atoms with Crippen LogP contribution >= 0.6 is 0 Å². The van der Waals surface area contributed by atoms with Crippen LogP contribution in [0, 0.1) is 35.5 Å². The van der Waals surface area contributed by atoms with Gasteiger partial charge in [-0.15, -0.1) is 0 Å². The molecule has 0 unspecified atom stereocenters. The van der Waals surface area contributed by atoms with Crippen molar-refractivity contribution in [1.82, 2.24) is 0 Å². The van der Waals surface area contributed by atoms with Crippen LogP contribution in [-0.4, -0.2) is 77.5 Å². The summed E-state index contributed by atoms with van der Waals surface area (Å²) in [5.74, 6) is 2.01. The summed E-state index contributed by atoms with van der Waals surface area (Å²) in [6, 6.07) is 40.2. The molecular formula is C81H132O7Si4. The summed E-state index contributed by atoms with van der Waals surface area (Å²) in [6.07, 6.45) is 19.0. The van der Waals surface area contributed by atoms with E-state index in [9.17, 15) is 0 Å². The van der Waals surface area contributed by atoms with Crippen LogP contribution < -0.4 is 4.74 Å². The Hall–Kier alpha value is -3.73. The first-order valence-corrected chi connectivity index (χ1v) is 46.6. The highest BCUT2D eigenvalue weighted by atomic mass is 28.4. The maximum absolute atomic E-state index is 7.69. The third kappa shape index (κ3) is 23.0. The van der Waals surface area contributed by atoms with Gasteiger partial charge in [0.25, 0.3) is 0 Å². The molecule has 92 heavy (non-hydrogen) atoms. The minimum Gasteiger partial charge on any atom is -0.497 e. The summed E-state index contributed by atoms with van der Waals surface area (Å²) in [5, 5.41) is 0.104. The number of methoxy groups -OCH3 is 1. The van der Waals surface area contributed by atoms with Gasteiger partial charge in [-0.3, -0.25) is 0 Å². The van der Waals surface area contributed by atoms with Gasteiger partial charge in [0.1, 0.15) is 11.4 Å². The van der Waals surface area contributed by atoms with Crippen molar-refractivity contribution in [3.63, 3.8) is 0 Å². The van der Waals surface area contributed by atoms with E-state index in [4.69, 9.17) is 31.9 Å². The lowest BCUT2D eigenvalue weighted by atomic mass is 9.80. The van der Waals surface area contributed by atoms with Crippen molar-refractivity contribution in [3.05, 3.63) is 187 Å². The summed E-state index contributed by atoms with van der Waals surface area (Å²) in [7, 11) is -7.32. The van der Waals surface area contributed by atoms with Crippen molar-refractivity contribution in [2.45, 2.75) is 266 Å². The minimum atomic E-state index is -2.30. The summed E-state index contributed by atoms with van der Waals surface area (Å²) in [4.78, 5) is 0. The lowest BCUT2D eigenvalue weighted by Crippen LogP contribution is -2.48. The smallest absolute Gasteiger partial charge is 0.192 e. The highest BCUT2D eigenvalue weighted by molar-refractivity contribution is 6.75. The summed E-state index contributed by atoms with van der Waals surface area (Å²) in [5.41, 5.74) is 3.58. The fourth-order valence-electron chi connectivity index (χ4n) is 11.5. The highest BCUT2D eigenvalue weighted by Crippen LogP contribution is 2.46. The summed E-state index contributed by atoms with van der Waals surface area (Å²) >= 11 is 0. The highest BCUT2D eigenvalue weighted by Gasteiger charge is 2.46. The Morgan fingerprint density at radius 1 is 0.457 bits per heavy atom. The molecule has 0 aliphatic carbocycles. The van der Waals surface area contributed by atoms with E-state index in [-0.39, 0.29) is 80.3 Å². The molecule has 11 heteroatoms. The third-order valence-electron chi connectivity index (χ3n) is 21.6. The molecule has 4 aromatic carbocycles. The predicted octanol–water partition coefficient (Wildman–Crippen LogP) is 23.4. The van der Waals surface area contributed by atoms with Gasteiger partial charge >= 0.3 is 0 Å². The first kappa shape index (κ1) is 80.7. The van der Waals surface area contributed by atoms with E-state index >= 15 is 0 Å². The zero-order valence-electron chi connectivity index (χ0n) is 63.2. The van der Waals surface area contributed by atoms with Crippen LogP contribution in [0.25, 0.3) is 0 Å². The van der Waals surface area contributed by atoms with Gasteiger partial charge in [-0.2, -0.15) is 0 Å². The number of benzene rings is 4. The first-order chi connectivity index (χ1) is 42.5. The van der Waals surface area contributed by atoms with Gasteiger partial charge in [0.15, 0.2) is 33.3 Å². The van der Waals surface area contributed by atoms with E-state index in [0.717, 1.165) is 53.7 Å². The second kappa shape index (κ2) is 34.5. The average molecular weight is 1330 g/mol. The minimum absolute atomic E-state index is 0.00323. The van der Waals surface area contributed by atoms with Crippen molar-refractivity contribution in [3.8, 4) is 5.75 Å². The van der Waals surface area contributed by atoms with Crippen LogP contribution in [0.1, 0.15) is 173 Å². The molecule has 7 nitrogen and oxygen atoms in total. The molecule has 0 N–H and O–H groups in total. The predicted molar refractivity (Wildman–Crippen MR) is 406 cm³/mol. The van der Waals surface area contributed by atoms with Crippen molar-refractivity contribution < 1.29 is 31.9 Å². The molecule has 0 aliphatic rings. The molecule has 0 spiro atoms. The van der Waals surface area contributed by atoms with E-state index < -0.39 is 38.9 Å². The lowest BCUT2D eigenvalue weighted by molar-refractivity contribution is -0.0551. The normalized spacial score (nSPS) is 17.5. The SMILES string of the molecule is C=C/C=C\[C@H](C)[C@H](OCc1ccc(OC)cc1)[C@@H](C)[C@H](CC[C@H](C)C[C@H](C)[C@@H](O[Si](C)(C)C(C)(C)C)[C@@H](C)/C=C\[C@H](C[C@H](O[Si](C)(C)C(C)(C)C)[C@H](C)/C=C/COC(c1ccccc1)(c1ccccc1)c1ccccc1)O[Si](C)(C)C(C)(C)C)O[Si](C)(C)C(C)(C)C. The zero-order valence-corrected chi connectivity index (χ0v) is 67.2. The molecule has 0 amide bonds. The van der Waals surface area contributed by atoms with Gasteiger partial charge in [0.2, 0.25) is 0 Å². The van der Waals surface area contributed by atoms with Crippen LogP contribution in [0.4, 0.5) is 0 Å². The number of rotatable bonds is 36. The van der Waals surface area contributed by atoms with E-state index in [1.165, 1.54) is 0 Å². The Morgan fingerprint density at radius 2 is 0.891 bits per heavy atom. The second-order valence-corrected chi connectivity index (χ2v) is 52.3. The molecule has 0 fully saturated rings. The maximum atomic E-state index is 7.69. The number of hydrogen-bond acceptors (Lipinski definition) is 7. The topological polar surface area (TPSA) is 64.6 Å². The molecule has 0 aromatic heterocycles. The Morgan fingerprint density at radius 3 is 1.34 bits per heavy atom. The number of allylic oxidation sites excluding steroid dienone is 2. The first-order valence-electron chi connectivity index (χ1n) is 34.9. The van der Waals surface area contributed by atoms with Gasteiger partial charge in [-0.05, 0) is 150 Å². The van der Waals surface area contributed by atoms with Gasteiger partial charge in [-0.1, -0.05) is 277 Å². The van der Waals surface area contributed by atoms with Gasteiger partial charge < -0.3 is 31.9 Å². The van der Waals surface area contributed by atoms with Crippen LogP contribution in [0.2, 0.25) is 72.5 Å². The maximum Gasteiger partial charge on any atom is 0.192 e. The van der Waals surface area contributed by atoms with Gasteiger partial charge in [-0.25, -0.2) is 0 Å². The van der Waals surface area contributed by atoms with E-state index in [1.54, 1.807) is 7.11 Å². The average Bonchev–Trinajstić information content (AvgIpc) is 0.763. The lowest BCUT2D eigenvalue weighted by Gasteiger charge is -2.44. The zero-order chi connectivity index (χ0) is 69.3. The van der Waals surface area contributed by atoms with Crippen LogP contribution in [0.5, 0.6) is 5.75 Å².